The predicted molar refractivity (Wildman–Crippen MR) is 125 cm³/mol. The largest absolute Gasteiger partial charge is 0.491 e. The van der Waals surface area contributed by atoms with Gasteiger partial charge in [-0.3, -0.25) is 14.5 Å². The van der Waals surface area contributed by atoms with E-state index in [2.05, 4.69) is 0 Å². The maximum absolute atomic E-state index is 13.0. The molecule has 3 aromatic rings. The molecule has 1 aliphatic heterocycles. The quantitative estimate of drug-likeness (QED) is 0.383. The number of hydrogen-bond donors (Lipinski definition) is 1. The number of methoxy groups -OCH3 is 1. The highest BCUT2D eigenvalue weighted by Crippen LogP contribution is 2.34. The summed E-state index contributed by atoms with van der Waals surface area (Å²) < 4.78 is 22.3. The number of fused-ring (bicyclic) bond motifs is 2. The molecular formula is C25H24ClNO7. The average Bonchev–Trinajstić information content (AvgIpc) is 3.13. The van der Waals surface area contributed by atoms with Gasteiger partial charge in [0.15, 0.2) is 17.3 Å². The van der Waals surface area contributed by atoms with Crippen molar-refractivity contribution in [1.82, 2.24) is 0 Å². The van der Waals surface area contributed by atoms with Crippen LogP contribution in [0.5, 0.6) is 5.75 Å². The van der Waals surface area contributed by atoms with Gasteiger partial charge in [0.25, 0.3) is 5.91 Å². The third-order valence-electron chi connectivity index (χ3n) is 6.32. The Balaban J connectivity index is 1.21. The van der Waals surface area contributed by atoms with Gasteiger partial charge in [-0.25, -0.2) is 0 Å². The Morgan fingerprint density at radius 1 is 1.18 bits per heavy atom. The maximum atomic E-state index is 13.0. The van der Waals surface area contributed by atoms with E-state index in [1.807, 2.05) is 6.07 Å². The minimum Gasteiger partial charge on any atom is -0.491 e. The molecule has 178 valence electrons. The molecule has 2 aliphatic rings. The van der Waals surface area contributed by atoms with Gasteiger partial charge in [-0.1, -0.05) is 17.7 Å². The Labute approximate surface area is 200 Å². The van der Waals surface area contributed by atoms with Gasteiger partial charge in [-0.15, -0.1) is 0 Å². The first kappa shape index (κ1) is 22.9. The Kier molecular flexibility index (Phi) is 6.31. The monoisotopic (exact) mass is 485 g/mol. The van der Waals surface area contributed by atoms with Crippen molar-refractivity contribution >= 4 is 34.4 Å². The molecule has 1 atom stereocenters. The zero-order chi connectivity index (χ0) is 23.8. The van der Waals surface area contributed by atoms with Crippen molar-refractivity contribution in [2.24, 2.45) is 5.92 Å². The Morgan fingerprint density at radius 2 is 2.00 bits per heavy atom. The molecule has 0 spiro atoms. The van der Waals surface area contributed by atoms with Crippen molar-refractivity contribution in [1.29, 1.82) is 0 Å². The van der Waals surface area contributed by atoms with E-state index in [1.54, 1.807) is 30.3 Å². The number of carbonyl (C=O) groups excluding carboxylic acids is 1. The van der Waals surface area contributed by atoms with Gasteiger partial charge >= 0.3 is 0 Å². The molecule has 1 saturated carbocycles. The summed E-state index contributed by atoms with van der Waals surface area (Å²) in [6.07, 6.45) is 0.906. The first-order chi connectivity index (χ1) is 16.4. The normalized spacial score (nSPS) is 20.3. The zero-order valence-corrected chi connectivity index (χ0v) is 19.3. The van der Waals surface area contributed by atoms with Crippen molar-refractivity contribution in [3.63, 3.8) is 0 Å². The lowest BCUT2D eigenvalue weighted by Gasteiger charge is -2.37. The van der Waals surface area contributed by atoms with Crippen LogP contribution in [0.1, 0.15) is 28.8 Å². The van der Waals surface area contributed by atoms with Gasteiger partial charge in [0.1, 0.15) is 12.4 Å². The van der Waals surface area contributed by atoms with E-state index in [0.717, 1.165) is 18.4 Å². The molecule has 2 heterocycles. The fraction of sp³-hybridized carbons (Fsp3) is 0.360. The van der Waals surface area contributed by atoms with E-state index in [4.69, 9.17) is 30.2 Å². The number of hydrogen-bond acceptors (Lipinski definition) is 7. The highest BCUT2D eigenvalue weighted by Gasteiger charge is 2.35. The van der Waals surface area contributed by atoms with Crippen molar-refractivity contribution in [3.8, 4) is 5.75 Å². The summed E-state index contributed by atoms with van der Waals surface area (Å²) >= 11 is 6.19. The molecule has 2 aromatic carbocycles. The van der Waals surface area contributed by atoms with Crippen LogP contribution >= 0.6 is 11.6 Å². The standard InChI is InChI=1S/C25H24ClNO7/c1-31-25(30)14-9-17(10-14)33-8-7-32-16-5-6-18-15(11-16)13-27(24(18)29)22-12-21(28)19-3-2-4-20(26)23(19)34-22/h2-6,11-12,14,17,25,30H,7-10,13H2,1H3. The number of aliphatic hydroxyl groups excluding tert-OH is 1. The van der Waals surface area contributed by atoms with Crippen LogP contribution in [0.3, 0.4) is 0 Å². The number of aliphatic hydroxyl groups is 1. The van der Waals surface area contributed by atoms with E-state index in [9.17, 15) is 14.7 Å². The molecule has 1 N–H and O–H groups in total. The number of amides is 1. The highest BCUT2D eigenvalue weighted by atomic mass is 35.5. The number of carbonyl (C=O) groups is 1. The number of halogens is 1. The van der Waals surface area contributed by atoms with Gasteiger partial charge in [-0.05, 0) is 48.7 Å². The van der Waals surface area contributed by atoms with E-state index < -0.39 is 6.29 Å². The fourth-order valence-corrected chi connectivity index (χ4v) is 4.58. The average molecular weight is 486 g/mol. The Hall–Kier alpha value is -2.91. The van der Waals surface area contributed by atoms with Crippen molar-refractivity contribution < 1.29 is 28.5 Å². The van der Waals surface area contributed by atoms with Crippen LogP contribution in [0, 0.1) is 5.92 Å². The lowest BCUT2D eigenvalue weighted by molar-refractivity contribution is -0.166. The van der Waals surface area contributed by atoms with E-state index in [1.165, 1.54) is 18.1 Å². The summed E-state index contributed by atoms with van der Waals surface area (Å²) in [5.74, 6) is 0.648. The fourth-order valence-electron chi connectivity index (χ4n) is 4.37. The Morgan fingerprint density at radius 3 is 2.79 bits per heavy atom. The second kappa shape index (κ2) is 9.38. The molecule has 0 saturated heterocycles. The molecule has 5 rings (SSSR count). The minimum absolute atomic E-state index is 0.106. The van der Waals surface area contributed by atoms with Gasteiger partial charge < -0.3 is 23.7 Å². The van der Waals surface area contributed by atoms with Gasteiger partial charge in [0.05, 0.1) is 29.7 Å². The molecular weight excluding hydrogens is 462 g/mol. The smallest absolute Gasteiger partial charge is 0.261 e. The van der Waals surface area contributed by atoms with Gasteiger partial charge in [-0.2, -0.15) is 0 Å². The molecule has 1 amide bonds. The molecule has 34 heavy (non-hydrogen) atoms. The number of para-hydroxylation sites is 1. The summed E-state index contributed by atoms with van der Waals surface area (Å²) in [7, 11) is 1.49. The lowest BCUT2D eigenvalue weighted by atomic mass is 9.82. The van der Waals surface area contributed by atoms with Crippen LogP contribution in [0.2, 0.25) is 5.02 Å². The predicted octanol–water partition coefficient (Wildman–Crippen LogP) is 3.75. The SMILES string of the molecule is COC(O)C1CC(OCCOc2ccc3c(c2)CN(c2cc(=O)c4cccc(Cl)c4o2)C3=O)C1. The number of ether oxygens (including phenoxy) is 3. The molecule has 9 heteroatoms. The van der Waals surface area contributed by atoms with Crippen LogP contribution in [0.15, 0.2) is 51.7 Å². The second-order valence-electron chi connectivity index (χ2n) is 8.47. The van der Waals surface area contributed by atoms with Crippen LogP contribution in [-0.4, -0.2) is 43.7 Å². The molecule has 1 unspecified atom stereocenters. The lowest BCUT2D eigenvalue weighted by Crippen LogP contribution is -2.40. The summed E-state index contributed by atoms with van der Waals surface area (Å²) in [5, 5.41) is 10.3. The van der Waals surface area contributed by atoms with Crippen LogP contribution in [0.4, 0.5) is 5.88 Å². The molecule has 1 aliphatic carbocycles. The Bertz CT molecular complexity index is 1280. The molecule has 1 aromatic heterocycles. The van der Waals surface area contributed by atoms with Crippen molar-refractivity contribution in [2.45, 2.75) is 31.8 Å². The third kappa shape index (κ3) is 4.30. The number of rotatable bonds is 8. The van der Waals surface area contributed by atoms with Crippen LogP contribution in [-0.2, 0) is 16.0 Å². The summed E-state index contributed by atoms with van der Waals surface area (Å²) in [6.45, 7) is 1.04. The highest BCUT2D eigenvalue weighted by molar-refractivity contribution is 6.34. The number of benzene rings is 2. The van der Waals surface area contributed by atoms with Crippen LogP contribution in [0.25, 0.3) is 11.0 Å². The third-order valence-corrected chi connectivity index (χ3v) is 6.62. The van der Waals surface area contributed by atoms with Crippen molar-refractivity contribution in [3.05, 3.63) is 68.8 Å². The first-order valence-electron chi connectivity index (χ1n) is 11.1. The molecule has 1 fully saturated rings. The summed E-state index contributed by atoms with van der Waals surface area (Å²) in [4.78, 5) is 26.9. The van der Waals surface area contributed by atoms with E-state index in [-0.39, 0.29) is 41.4 Å². The van der Waals surface area contributed by atoms with E-state index in [0.29, 0.717) is 34.9 Å². The van der Waals surface area contributed by atoms with Crippen LogP contribution < -0.4 is 15.1 Å². The topological polar surface area (TPSA) is 98.4 Å². The zero-order valence-electron chi connectivity index (χ0n) is 18.5. The first-order valence-corrected chi connectivity index (χ1v) is 11.4. The van der Waals surface area contributed by atoms with Gasteiger partial charge in [0, 0.05) is 24.7 Å². The summed E-state index contributed by atoms with van der Waals surface area (Å²) in [6, 6.07) is 11.5. The van der Waals surface area contributed by atoms with E-state index >= 15 is 0 Å². The second-order valence-corrected chi connectivity index (χ2v) is 8.88. The number of nitrogens with zero attached hydrogens (tertiary/aromatic N) is 1. The number of anilines is 1. The minimum atomic E-state index is -0.732. The van der Waals surface area contributed by atoms with Crippen molar-refractivity contribution in [2.75, 3.05) is 25.2 Å². The molecule has 8 nitrogen and oxygen atoms in total. The maximum Gasteiger partial charge on any atom is 0.261 e. The molecule has 0 radical (unpaired) electrons. The summed E-state index contributed by atoms with van der Waals surface area (Å²) in [5.41, 5.74) is 1.30. The molecule has 0 bridgehead atoms. The van der Waals surface area contributed by atoms with Gasteiger partial charge in [0.2, 0.25) is 5.88 Å².